The molecule has 19 heavy (non-hydrogen) atoms. The van der Waals surface area contributed by atoms with Gasteiger partial charge in [-0.15, -0.1) is 0 Å². The number of hydrogen-bond donors (Lipinski definition) is 0. The molecule has 1 rings (SSSR count). The molecule has 0 N–H and O–H groups in total. The smallest absolute Gasteiger partial charge is 0.0654 e. The van der Waals surface area contributed by atoms with Crippen molar-refractivity contribution in [3.8, 4) is 0 Å². The van der Waals surface area contributed by atoms with Crippen LogP contribution >= 0.6 is 0 Å². The normalized spacial score (nSPS) is 10.2. The predicted molar refractivity (Wildman–Crippen MR) is 87.7 cm³/mol. The van der Waals surface area contributed by atoms with Gasteiger partial charge in [0.1, 0.15) is 0 Å². The summed E-state index contributed by atoms with van der Waals surface area (Å²) in [6, 6.07) is 10.9. The van der Waals surface area contributed by atoms with E-state index in [1.807, 2.05) is 0 Å². The Morgan fingerprint density at radius 1 is 0.632 bits per heavy atom. The Balaban J connectivity index is 0.00000324. The van der Waals surface area contributed by atoms with Crippen LogP contribution in [0.4, 0.5) is 0 Å². The van der Waals surface area contributed by atoms with E-state index in [-0.39, 0.29) is 48.9 Å². The van der Waals surface area contributed by atoms with Crippen molar-refractivity contribution in [2.45, 2.75) is 77.6 Å². The monoisotopic (exact) mass is 384 g/mol. The first kappa shape index (κ1) is 19.8. The van der Waals surface area contributed by atoms with Gasteiger partial charge in [0.25, 0.3) is 0 Å². The Labute approximate surface area is 160 Å². The molecule has 0 unspecified atom stereocenters. The second kappa shape index (κ2) is 15.2. The molecule has 1 aromatic carbocycles. The maximum absolute atomic E-state index is 2.28. The van der Waals surface area contributed by atoms with Crippen molar-refractivity contribution in [1.82, 2.24) is 0 Å². The van der Waals surface area contributed by atoms with Crippen molar-refractivity contribution in [3.63, 3.8) is 0 Å². The van der Waals surface area contributed by atoms with Gasteiger partial charge in [-0.05, 0) is 18.4 Å². The minimum absolute atomic E-state index is 0. The third kappa shape index (κ3) is 12.3. The van der Waals surface area contributed by atoms with Crippen molar-refractivity contribution in [2.75, 3.05) is 0 Å². The van der Waals surface area contributed by atoms with Gasteiger partial charge in [-0.25, -0.2) is 0 Å². The molecule has 0 fully saturated rings. The van der Waals surface area contributed by atoms with Gasteiger partial charge in [0.05, 0.1) is 0 Å². The Bertz CT molecular complexity index is 268. The number of unbranched alkanes of at least 4 members (excludes halogenated alkanes) is 9. The summed E-state index contributed by atoms with van der Waals surface area (Å²) < 4.78 is 0. The summed E-state index contributed by atoms with van der Waals surface area (Å²) in [5.41, 5.74) is 1.50. The van der Waals surface area contributed by atoms with Crippen molar-refractivity contribution in [1.29, 1.82) is 0 Å². The topological polar surface area (TPSA) is 0 Å². The molecule has 0 saturated heterocycles. The van der Waals surface area contributed by atoms with E-state index in [0.29, 0.717) is 0 Å². The van der Waals surface area contributed by atoms with E-state index < -0.39 is 0 Å². The average molecular weight is 384 g/mol. The number of rotatable bonds is 11. The third-order valence-corrected chi connectivity index (χ3v) is 3.66. The Kier molecular flexibility index (Phi) is 15.8. The number of benzene rings is 1. The minimum Gasteiger partial charge on any atom is -0.0654 e. The molecule has 0 aliphatic heterocycles. The van der Waals surface area contributed by atoms with Crippen LogP contribution in [0.15, 0.2) is 30.3 Å². The van der Waals surface area contributed by atoms with Crippen LogP contribution in [-0.4, -0.2) is 48.9 Å². The second-order valence-corrected chi connectivity index (χ2v) is 5.42. The van der Waals surface area contributed by atoms with Crippen LogP contribution in [0.25, 0.3) is 0 Å². The van der Waals surface area contributed by atoms with Crippen LogP contribution in [0.3, 0.4) is 0 Å². The Morgan fingerprint density at radius 2 is 1.11 bits per heavy atom. The van der Waals surface area contributed by atoms with Crippen LogP contribution in [0.2, 0.25) is 0 Å². The molecule has 0 amide bonds. The summed E-state index contributed by atoms with van der Waals surface area (Å²) in [5.74, 6) is 0. The zero-order valence-corrected chi connectivity index (χ0v) is 17.3. The van der Waals surface area contributed by atoms with E-state index in [4.69, 9.17) is 0 Å². The summed E-state index contributed by atoms with van der Waals surface area (Å²) in [5, 5.41) is 0. The quantitative estimate of drug-likeness (QED) is 0.336. The summed E-state index contributed by atoms with van der Waals surface area (Å²) >= 11 is 0. The first-order valence-corrected chi connectivity index (χ1v) is 7.97. The van der Waals surface area contributed by atoms with Crippen LogP contribution in [-0.2, 0) is 6.42 Å². The van der Waals surface area contributed by atoms with Gasteiger partial charge in [-0.1, -0.05) is 95.0 Å². The molecule has 0 radical (unpaired) electrons. The zero-order valence-electron chi connectivity index (χ0n) is 12.9. The fourth-order valence-electron chi connectivity index (χ4n) is 2.46. The summed E-state index contributed by atoms with van der Waals surface area (Å²) in [6.45, 7) is 2.28. The molecule has 0 bridgehead atoms. The maximum atomic E-state index is 2.28. The average Bonchev–Trinajstić information content (AvgIpc) is 2.42. The first-order chi connectivity index (χ1) is 8.93. The van der Waals surface area contributed by atoms with Crippen molar-refractivity contribution >= 4 is 48.9 Å². The van der Waals surface area contributed by atoms with Gasteiger partial charge in [0.15, 0.2) is 0 Å². The largest absolute Gasteiger partial charge is 2.00 e. The molecule has 102 valence electrons. The molecule has 0 heterocycles. The second-order valence-electron chi connectivity index (χ2n) is 5.42. The molecule has 0 aliphatic rings. The molecule has 0 atom stereocenters. The van der Waals surface area contributed by atoms with E-state index >= 15 is 0 Å². The fourth-order valence-corrected chi connectivity index (χ4v) is 2.46. The van der Waals surface area contributed by atoms with Crippen molar-refractivity contribution in [3.05, 3.63) is 35.9 Å². The van der Waals surface area contributed by atoms with E-state index in [2.05, 4.69) is 37.3 Å². The van der Waals surface area contributed by atoms with E-state index in [1.54, 1.807) is 0 Å². The van der Waals surface area contributed by atoms with Crippen LogP contribution in [0, 0.1) is 0 Å². The SMILES string of the molecule is CCCCCCCCCCCCc1ccccc1.[Ba+2]. The van der Waals surface area contributed by atoms with Gasteiger partial charge in [0, 0.05) is 0 Å². The van der Waals surface area contributed by atoms with E-state index in [0.717, 1.165) is 0 Å². The van der Waals surface area contributed by atoms with Crippen molar-refractivity contribution in [2.24, 2.45) is 0 Å². The van der Waals surface area contributed by atoms with E-state index in [1.165, 1.54) is 76.2 Å². The van der Waals surface area contributed by atoms with Crippen LogP contribution in [0.5, 0.6) is 0 Å². The molecule has 0 spiro atoms. The van der Waals surface area contributed by atoms with Gasteiger partial charge in [0.2, 0.25) is 0 Å². The molecule has 0 aliphatic carbocycles. The van der Waals surface area contributed by atoms with Gasteiger partial charge < -0.3 is 0 Å². The minimum atomic E-state index is 0. The zero-order chi connectivity index (χ0) is 12.9. The van der Waals surface area contributed by atoms with E-state index in [9.17, 15) is 0 Å². The summed E-state index contributed by atoms with van der Waals surface area (Å²) in [6.07, 6.45) is 15.5. The molecular formula is C18H30Ba+2. The molecule has 1 aromatic rings. The molecule has 0 aromatic heterocycles. The van der Waals surface area contributed by atoms with Crippen LogP contribution in [0.1, 0.15) is 76.7 Å². The van der Waals surface area contributed by atoms with Gasteiger partial charge in [-0.3, -0.25) is 0 Å². The van der Waals surface area contributed by atoms with Crippen LogP contribution < -0.4 is 0 Å². The summed E-state index contributed by atoms with van der Waals surface area (Å²) in [7, 11) is 0. The van der Waals surface area contributed by atoms with Gasteiger partial charge in [-0.2, -0.15) is 0 Å². The standard InChI is InChI=1S/C18H30.Ba/c1-2-3-4-5-6-7-8-9-10-12-15-18-16-13-11-14-17-18;/h11,13-14,16-17H,2-10,12,15H2,1H3;/q;+2. The molecular weight excluding hydrogens is 354 g/mol. The summed E-state index contributed by atoms with van der Waals surface area (Å²) in [4.78, 5) is 0. The first-order valence-electron chi connectivity index (χ1n) is 7.97. The number of hydrogen-bond acceptors (Lipinski definition) is 0. The molecule has 0 nitrogen and oxygen atoms in total. The Hall–Kier alpha value is 0.791. The molecule has 1 heteroatoms. The Morgan fingerprint density at radius 3 is 1.63 bits per heavy atom. The van der Waals surface area contributed by atoms with Gasteiger partial charge >= 0.3 is 48.9 Å². The predicted octanol–water partition coefficient (Wildman–Crippen LogP) is 5.77. The molecule has 0 saturated carbocycles. The van der Waals surface area contributed by atoms with Crippen molar-refractivity contribution < 1.29 is 0 Å². The fraction of sp³-hybridized carbons (Fsp3) is 0.667. The maximum Gasteiger partial charge on any atom is 2.00 e. The number of aryl methyl sites for hydroxylation is 1. The third-order valence-electron chi connectivity index (χ3n) is 3.66.